The molecule has 0 amide bonds. The van der Waals surface area contributed by atoms with Crippen molar-refractivity contribution in [2.24, 2.45) is 28.6 Å². The molecule has 3 saturated carbocycles. The molecule has 6 atom stereocenters. The van der Waals surface area contributed by atoms with Crippen molar-refractivity contribution in [1.29, 1.82) is 0 Å². The molecule has 4 aliphatic rings. The predicted molar refractivity (Wildman–Crippen MR) is 92.1 cm³/mol. The summed E-state index contributed by atoms with van der Waals surface area (Å²) in [7, 11) is 0. The van der Waals surface area contributed by atoms with Gasteiger partial charge in [-0.25, -0.2) is 0 Å². The Kier molecular flexibility index (Phi) is 3.75. The largest absolute Gasteiger partial charge is 0.378 e. The zero-order valence-electron chi connectivity index (χ0n) is 15.1. The van der Waals surface area contributed by atoms with E-state index in [1.807, 2.05) is 0 Å². The van der Waals surface area contributed by atoms with E-state index in [2.05, 4.69) is 26.8 Å². The van der Waals surface area contributed by atoms with E-state index in [-0.39, 0.29) is 5.41 Å². The standard InChI is InChI=1S/C21H32O2/c1-4-23-15-9-11-20(2)14(13-15)5-6-16-17-7-8-19(22)21(17,3)12-10-18(16)20/h5,15-18H,4,6-13H2,1-3H3/t15?,16-,17-,18-,20-,21-/m0/s1. The minimum absolute atomic E-state index is 0.00535. The van der Waals surface area contributed by atoms with Crippen molar-refractivity contribution in [3.05, 3.63) is 11.6 Å². The van der Waals surface area contributed by atoms with E-state index < -0.39 is 0 Å². The van der Waals surface area contributed by atoms with Crippen molar-refractivity contribution in [2.75, 3.05) is 6.61 Å². The molecule has 0 aromatic rings. The van der Waals surface area contributed by atoms with E-state index in [1.165, 1.54) is 25.7 Å². The molecule has 2 nitrogen and oxygen atoms in total. The second-order valence-corrected chi connectivity index (χ2v) is 9.00. The number of hydrogen-bond donors (Lipinski definition) is 0. The number of ketones is 1. The number of allylic oxidation sites excluding steroid dienone is 1. The van der Waals surface area contributed by atoms with Crippen molar-refractivity contribution in [2.45, 2.75) is 78.2 Å². The van der Waals surface area contributed by atoms with Crippen molar-refractivity contribution < 1.29 is 9.53 Å². The van der Waals surface area contributed by atoms with E-state index in [4.69, 9.17) is 4.74 Å². The summed E-state index contributed by atoms with van der Waals surface area (Å²) in [5.41, 5.74) is 2.06. The summed E-state index contributed by atoms with van der Waals surface area (Å²) in [6, 6.07) is 0. The number of carbonyl (C=O) groups is 1. The number of hydrogen-bond acceptors (Lipinski definition) is 2. The summed E-state index contributed by atoms with van der Waals surface area (Å²) in [5.74, 6) is 2.75. The van der Waals surface area contributed by atoms with Crippen LogP contribution in [0.4, 0.5) is 0 Å². The zero-order valence-corrected chi connectivity index (χ0v) is 15.1. The van der Waals surface area contributed by atoms with Crippen molar-refractivity contribution in [1.82, 2.24) is 0 Å². The molecule has 0 aromatic heterocycles. The predicted octanol–water partition coefficient (Wildman–Crippen LogP) is 4.92. The molecule has 0 saturated heterocycles. The average molecular weight is 316 g/mol. The lowest BCUT2D eigenvalue weighted by atomic mass is 9.48. The lowest BCUT2D eigenvalue weighted by molar-refractivity contribution is -0.132. The highest BCUT2D eigenvalue weighted by molar-refractivity contribution is 5.87. The molecule has 0 bridgehead atoms. The van der Waals surface area contributed by atoms with Gasteiger partial charge in [0.1, 0.15) is 5.78 Å². The van der Waals surface area contributed by atoms with E-state index in [0.29, 0.717) is 23.2 Å². The molecular weight excluding hydrogens is 284 g/mol. The summed E-state index contributed by atoms with van der Waals surface area (Å²) in [5, 5.41) is 0. The highest BCUT2D eigenvalue weighted by Crippen LogP contribution is 2.64. The summed E-state index contributed by atoms with van der Waals surface area (Å²) >= 11 is 0. The molecular formula is C21H32O2. The normalized spacial score (nSPS) is 49.2. The van der Waals surface area contributed by atoms with Gasteiger partial charge >= 0.3 is 0 Å². The van der Waals surface area contributed by atoms with Gasteiger partial charge in [0.05, 0.1) is 6.10 Å². The Labute approximate surface area is 141 Å². The maximum absolute atomic E-state index is 12.5. The highest BCUT2D eigenvalue weighted by Gasteiger charge is 2.58. The summed E-state index contributed by atoms with van der Waals surface area (Å²) in [6.45, 7) is 7.75. The van der Waals surface area contributed by atoms with Crippen molar-refractivity contribution in [3.8, 4) is 0 Å². The Morgan fingerprint density at radius 3 is 2.65 bits per heavy atom. The van der Waals surface area contributed by atoms with E-state index in [0.717, 1.165) is 44.1 Å². The first kappa shape index (κ1) is 15.9. The smallest absolute Gasteiger partial charge is 0.139 e. The van der Waals surface area contributed by atoms with Crippen molar-refractivity contribution in [3.63, 3.8) is 0 Å². The molecule has 3 fully saturated rings. The molecule has 2 heteroatoms. The van der Waals surface area contributed by atoms with Gasteiger partial charge in [0.2, 0.25) is 0 Å². The first-order chi connectivity index (χ1) is 11.0. The third-order valence-electron chi connectivity index (χ3n) is 8.17. The van der Waals surface area contributed by atoms with Gasteiger partial charge in [0.25, 0.3) is 0 Å². The first-order valence-electron chi connectivity index (χ1n) is 9.83. The topological polar surface area (TPSA) is 26.3 Å². The van der Waals surface area contributed by atoms with Gasteiger partial charge in [-0.05, 0) is 75.0 Å². The molecule has 0 radical (unpaired) electrons. The molecule has 128 valence electrons. The minimum atomic E-state index is 0.00535. The summed E-state index contributed by atoms with van der Waals surface area (Å²) < 4.78 is 5.93. The third kappa shape index (κ3) is 2.20. The monoisotopic (exact) mass is 316 g/mol. The van der Waals surface area contributed by atoms with Crippen LogP contribution in [0.3, 0.4) is 0 Å². The number of ether oxygens (including phenoxy) is 1. The van der Waals surface area contributed by atoms with Crippen LogP contribution in [-0.2, 0) is 9.53 Å². The molecule has 0 spiro atoms. The Bertz CT molecular complexity index is 536. The van der Waals surface area contributed by atoms with Crippen molar-refractivity contribution >= 4 is 5.78 Å². The van der Waals surface area contributed by atoms with Crippen LogP contribution in [0, 0.1) is 28.6 Å². The van der Waals surface area contributed by atoms with Crippen LogP contribution in [0.5, 0.6) is 0 Å². The molecule has 1 unspecified atom stereocenters. The lowest BCUT2D eigenvalue weighted by Gasteiger charge is -2.57. The molecule has 0 aliphatic heterocycles. The van der Waals surface area contributed by atoms with Crippen LogP contribution >= 0.6 is 0 Å². The highest BCUT2D eigenvalue weighted by atomic mass is 16.5. The fourth-order valence-corrected chi connectivity index (χ4v) is 6.78. The summed E-state index contributed by atoms with van der Waals surface area (Å²) in [4.78, 5) is 12.5. The third-order valence-corrected chi connectivity index (χ3v) is 8.17. The molecule has 0 aromatic carbocycles. The van der Waals surface area contributed by atoms with Crippen LogP contribution in [0.25, 0.3) is 0 Å². The first-order valence-corrected chi connectivity index (χ1v) is 9.83. The second-order valence-electron chi connectivity index (χ2n) is 9.00. The molecule has 4 rings (SSSR count). The quantitative estimate of drug-likeness (QED) is 0.676. The van der Waals surface area contributed by atoms with Gasteiger partial charge in [-0.2, -0.15) is 0 Å². The van der Waals surface area contributed by atoms with Crippen LogP contribution in [-0.4, -0.2) is 18.5 Å². The zero-order chi connectivity index (χ0) is 16.2. The fraction of sp³-hybridized carbons (Fsp3) is 0.857. The van der Waals surface area contributed by atoms with Gasteiger partial charge in [0.15, 0.2) is 0 Å². The summed E-state index contributed by atoms with van der Waals surface area (Å²) in [6.07, 6.45) is 12.2. The lowest BCUT2D eigenvalue weighted by Crippen LogP contribution is -2.50. The average Bonchev–Trinajstić information content (AvgIpc) is 2.84. The molecule has 23 heavy (non-hydrogen) atoms. The van der Waals surface area contributed by atoms with Gasteiger partial charge in [0, 0.05) is 18.4 Å². The molecule has 0 heterocycles. The number of Topliss-reactive ketones (excluding diaryl/α,β-unsaturated/α-hetero) is 1. The van der Waals surface area contributed by atoms with Crippen LogP contribution in [0.2, 0.25) is 0 Å². The second kappa shape index (κ2) is 5.44. The maximum atomic E-state index is 12.5. The van der Waals surface area contributed by atoms with Gasteiger partial charge in [-0.15, -0.1) is 0 Å². The van der Waals surface area contributed by atoms with Crippen LogP contribution in [0.15, 0.2) is 11.6 Å². The fourth-order valence-electron chi connectivity index (χ4n) is 6.78. The van der Waals surface area contributed by atoms with Gasteiger partial charge in [-0.1, -0.05) is 25.5 Å². The maximum Gasteiger partial charge on any atom is 0.139 e. The Balaban J connectivity index is 1.61. The van der Waals surface area contributed by atoms with Gasteiger partial charge < -0.3 is 4.74 Å². The Morgan fingerprint density at radius 2 is 1.87 bits per heavy atom. The number of fused-ring (bicyclic) bond motifs is 5. The van der Waals surface area contributed by atoms with Gasteiger partial charge in [-0.3, -0.25) is 4.79 Å². The Morgan fingerprint density at radius 1 is 1.13 bits per heavy atom. The number of rotatable bonds is 2. The minimum Gasteiger partial charge on any atom is -0.378 e. The van der Waals surface area contributed by atoms with E-state index in [9.17, 15) is 4.79 Å². The Hall–Kier alpha value is -0.630. The molecule has 4 aliphatic carbocycles. The van der Waals surface area contributed by atoms with E-state index >= 15 is 0 Å². The van der Waals surface area contributed by atoms with Crippen LogP contribution < -0.4 is 0 Å². The SMILES string of the molecule is CCOC1CC[C@@]2(C)C(=CC[C@@H]3[C@@H]2CC[C@]2(C)C(=O)CC[C@@H]32)C1. The molecule has 0 N–H and O–H groups in total. The van der Waals surface area contributed by atoms with E-state index in [1.54, 1.807) is 5.57 Å². The van der Waals surface area contributed by atoms with Crippen LogP contribution in [0.1, 0.15) is 72.1 Å². The number of carbonyl (C=O) groups excluding carboxylic acids is 1.